The van der Waals surface area contributed by atoms with Gasteiger partial charge in [-0.25, -0.2) is 4.98 Å². The predicted octanol–water partition coefficient (Wildman–Crippen LogP) is 1.93. The molecule has 21 heavy (non-hydrogen) atoms. The molecule has 2 heterocycles. The van der Waals surface area contributed by atoms with Crippen molar-refractivity contribution in [2.75, 3.05) is 12.3 Å². The third-order valence-corrected chi connectivity index (χ3v) is 4.44. The summed E-state index contributed by atoms with van der Waals surface area (Å²) in [7, 11) is 0. The number of halogens is 1. The number of fused-ring (bicyclic) bond motifs is 1. The second-order valence-electron chi connectivity index (χ2n) is 4.74. The number of carboxylic acids is 1. The minimum Gasteiger partial charge on any atom is -0.481 e. The highest BCUT2D eigenvalue weighted by Gasteiger charge is 2.27. The molecule has 1 unspecified atom stereocenters. The van der Waals surface area contributed by atoms with E-state index < -0.39 is 5.97 Å². The van der Waals surface area contributed by atoms with Crippen molar-refractivity contribution < 1.29 is 14.7 Å². The molecule has 3 rings (SSSR count). The van der Waals surface area contributed by atoms with Crippen LogP contribution in [-0.4, -0.2) is 38.8 Å². The third kappa shape index (κ3) is 2.84. The lowest BCUT2D eigenvalue weighted by Crippen LogP contribution is -2.16. The van der Waals surface area contributed by atoms with Crippen molar-refractivity contribution in [2.24, 2.45) is 0 Å². The van der Waals surface area contributed by atoms with E-state index in [9.17, 15) is 9.59 Å². The summed E-state index contributed by atoms with van der Waals surface area (Å²) in [6, 6.07) is 5.25. The van der Waals surface area contributed by atoms with Crippen LogP contribution in [0.5, 0.6) is 0 Å². The molecular formula is C13H12ClN3O3S. The maximum absolute atomic E-state index is 11.5. The van der Waals surface area contributed by atoms with Crippen LogP contribution in [0.4, 0.5) is 0 Å². The fraction of sp³-hybridized carbons (Fsp3) is 0.308. The van der Waals surface area contributed by atoms with Crippen LogP contribution in [0, 0.1) is 0 Å². The van der Waals surface area contributed by atoms with Gasteiger partial charge in [0.1, 0.15) is 0 Å². The average molecular weight is 326 g/mol. The Bertz CT molecular complexity index is 731. The Morgan fingerprint density at radius 2 is 2.38 bits per heavy atom. The van der Waals surface area contributed by atoms with Crippen molar-refractivity contribution >= 4 is 46.3 Å². The lowest BCUT2D eigenvalue weighted by Gasteiger charge is -2.14. The Kier molecular flexibility index (Phi) is 3.77. The van der Waals surface area contributed by atoms with Gasteiger partial charge in [0.15, 0.2) is 5.16 Å². The standard InChI is InChI=1S/C13H12ClN3O3S/c14-7-1-2-9-10(3-7)17(8-4-11(18)15-5-8)13(16-9)21-6-12(19)20/h1-3,8H,4-6H2,(H,15,18)(H,19,20). The Labute approximate surface area is 129 Å². The van der Waals surface area contributed by atoms with Crippen molar-refractivity contribution in [3.63, 3.8) is 0 Å². The van der Waals surface area contributed by atoms with Gasteiger partial charge in [-0.2, -0.15) is 0 Å². The summed E-state index contributed by atoms with van der Waals surface area (Å²) in [6.07, 6.45) is 0.360. The highest BCUT2D eigenvalue weighted by Crippen LogP contribution is 2.31. The van der Waals surface area contributed by atoms with E-state index in [-0.39, 0.29) is 17.7 Å². The number of nitrogens with one attached hydrogen (secondary N) is 1. The molecule has 8 heteroatoms. The van der Waals surface area contributed by atoms with Gasteiger partial charge in [0, 0.05) is 18.0 Å². The van der Waals surface area contributed by atoms with Gasteiger partial charge in [-0.15, -0.1) is 0 Å². The van der Waals surface area contributed by atoms with Crippen molar-refractivity contribution in [1.82, 2.24) is 14.9 Å². The minimum absolute atomic E-state index is 0.0157. The van der Waals surface area contributed by atoms with E-state index in [4.69, 9.17) is 16.7 Å². The Balaban J connectivity index is 2.07. The van der Waals surface area contributed by atoms with Crippen LogP contribution in [0.1, 0.15) is 12.5 Å². The van der Waals surface area contributed by atoms with Crippen molar-refractivity contribution in [3.05, 3.63) is 23.2 Å². The van der Waals surface area contributed by atoms with Crippen LogP contribution in [0.2, 0.25) is 5.02 Å². The molecule has 1 aromatic carbocycles. The lowest BCUT2D eigenvalue weighted by molar-refractivity contribution is -0.134. The number of carbonyl (C=O) groups excluding carboxylic acids is 1. The first-order valence-electron chi connectivity index (χ1n) is 6.33. The van der Waals surface area contributed by atoms with E-state index in [0.29, 0.717) is 23.1 Å². The molecule has 1 aliphatic rings. The fourth-order valence-corrected chi connectivity index (χ4v) is 3.37. The van der Waals surface area contributed by atoms with Crippen LogP contribution >= 0.6 is 23.4 Å². The van der Waals surface area contributed by atoms with Crippen LogP contribution in [-0.2, 0) is 9.59 Å². The summed E-state index contributed by atoms with van der Waals surface area (Å²) in [4.78, 5) is 26.7. The second-order valence-corrected chi connectivity index (χ2v) is 6.12. The number of carbonyl (C=O) groups is 2. The number of rotatable bonds is 4. The Morgan fingerprint density at radius 3 is 3.05 bits per heavy atom. The summed E-state index contributed by atoms with van der Waals surface area (Å²) in [5, 5.41) is 12.8. The summed E-state index contributed by atoms with van der Waals surface area (Å²) < 4.78 is 1.91. The largest absolute Gasteiger partial charge is 0.481 e. The molecule has 1 amide bonds. The summed E-state index contributed by atoms with van der Waals surface area (Å²) in [5.41, 5.74) is 1.56. The van der Waals surface area contributed by atoms with E-state index >= 15 is 0 Å². The second kappa shape index (κ2) is 5.57. The number of carboxylic acid groups (broad SMARTS) is 1. The third-order valence-electron chi connectivity index (χ3n) is 3.26. The quantitative estimate of drug-likeness (QED) is 0.839. The van der Waals surface area contributed by atoms with Crippen LogP contribution < -0.4 is 5.32 Å². The molecule has 6 nitrogen and oxygen atoms in total. The first kappa shape index (κ1) is 14.2. The molecule has 2 aromatic rings. The topological polar surface area (TPSA) is 84.2 Å². The Hall–Kier alpha value is -1.73. The number of benzene rings is 1. The van der Waals surface area contributed by atoms with E-state index in [0.717, 1.165) is 22.8 Å². The van der Waals surface area contributed by atoms with E-state index in [1.165, 1.54) is 0 Å². The van der Waals surface area contributed by atoms with Gasteiger partial charge in [-0.3, -0.25) is 9.59 Å². The molecule has 0 radical (unpaired) electrons. The van der Waals surface area contributed by atoms with Gasteiger partial charge in [0.2, 0.25) is 5.91 Å². The van der Waals surface area contributed by atoms with E-state index in [1.807, 2.05) is 4.57 Å². The first-order chi connectivity index (χ1) is 10.0. The fourth-order valence-electron chi connectivity index (χ4n) is 2.40. The average Bonchev–Trinajstić information content (AvgIpc) is 2.99. The SMILES string of the molecule is O=C(O)CSc1nc2ccc(Cl)cc2n1C1CNC(=O)C1. The van der Waals surface area contributed by atoms with Crippen LogP contribution in [0.25, 0.3) is 11.0 Å². The van der Waals surface area contributed by atoms with Gasteiger partial charge in [0.05, 0.1) is 22.8 Å². The number of thioether (sulfide) groups is 1. The summed E-state index contributed by atoms with van der Waals surface area (Å²) >= 11 is 7.18. The summed E-state index contributed by atoms with van der Waals surface area (Å²) in [5.74, 6) is -0.999. The van der Waals surface area contributed by atoms with Gasteiger partial charge in [0.25, 0.3) is 0 Å². The minimum atomic E-state index is -0.905. The lowest BCUT2D eigenvalue weighted by atomic mass is 10.2. The zero-order valence-corrected chi connectivity index (χ0v) is 12.4. The van der Waals surface area contributed by atoms with Crippen molar-refractivity contribution in [2.45, 2.75) is 17.6 Å². The number of aliphatic carboxylic acids is 1. The van der Waals surface area contributed by atoms with Crippen LogP contribution in [0.15, 0.2) is 23.4 Å². The number of hydrogen-bond acceptors (Lipinski definition) is 4. The highest BCUT2D eigenvalue weighted by molar-refractivity contribution is 7.99. The molecule has 0 bridgehead atoms. The monoisotopic (exact) mass is 325 g/mol. The van der Waals surface area contributed by atoms with Crippen molar-refractivity contribution in [1.29, 1.82) is 0 Å². The van der Waals surface area contributed by atoms with Gasteiger partial charge in [-0.05, 0) is 18.2 Å². The highest BCUT2D eigenvalue weighted by atomic mass is 35.5. The molecule has 1 fully saturated rings. The predicted molar refractivity (Wildman–Crippen MR) is 79.8 cm³/mol. The molecule has 1 saturated heterocycles. The summed E-state index contributed by atoms with van der Waals surface area (Å²) in [6.45, 7) is 0.511. The van der Waals surface area contributed by atoms with E-state index in [1.54, 1.807) is 18.2 Å². The molecule has 0 saturated carbocycles. The maximum atomic E-state index is 11.5. The zero-order valence-electron chi connectivity index (χ0n) is 10.9. The van der Waals surface area contributed by atoms with E-state index in [2.05, 4.69) is 10.3 Å². The molecule has 2 N–H and O–H groups in total. The number of hydrogen-bond donors (Lipinski definition) is 2. The van der Waals surface area contributed by atoms with Gasteiger partial charge in [-0.1, -0.05) is 23.4 Å². The normalized spacial score (nSPS) is 18.1. The smallest absolute Gasteiger partial charge is 0.313 e. The molecule has 110 valence electrons. The van der Waals surface area contributed by atoms with Crippen molar-refractivity contribution in [3.8, 4) is 0 Å². The van der Waals surface area contributed by atoms with Gasteiger partial charge >= 0.3 is 5.97 Å². The Morgan fingerprint density at radius 1 is 1.57 bits per heavy atom. The molecule has 1 aromatic heterocycles. The molecule has 1 aliphatic heterocycles. The number of imidazole rings is 1. The molecule has 0 aliphatic carbocycles. The molecule has 1 atom stereocenters. The van der Waals surface area contributed by atoms with Crippen LogP contribution in [0.3, 0.4) is 0 Å². The maximum Gasteiger partial charge on any atom is 0.313 e. The van der Waals surface area contributed by atoms with Gasteiger partial charge < -0.3 is 15.0 Å². The number of nitrogens with zero attached hydrogens (tertiary/aromatic N) is 2. The molecular weight excluding hydrogens is 314 g/mol. The zero-order chi connectivity index (χ0) is 15.0. The first-order valence-corrected chi connectivity index (χ1v) is 7.70. The number of amides is 1. The molecule has 0 spiro atoms. The number of aromatic nitrogens is 2.